The molecule has 1 N–H and O–H groups in total. The minimum atomic E-state index is -0.199. The molecule has 0 radical (unpaired) electrons. The van der Waals surface area contributed by atoms with Crippen LogP contribution in [0.1, 0.15) is 33.1 Å². The Morgan fingerprint density at radius 1 is 1.08 bits per heavy atom. The molecule has 0 aromatic heterocycles. The molecule has 7 heteroatoms. The van der Waals surface area contributed by atoms with Crippen molar-refractivity contribution in [1.82, 2.24) is 20.0 Å². The fourth-order valence-corrected chi connectivity index (χ4v) is 3.74. The Balaban J connectivity index is 1.48. The number of likely N-dealkylation sites (tertiary alicyclic amines) is 1. The van der Waals surface area contributed by atoms with Gasteiger partial charge in [-0.3, -0.25) is 4.99 Å². The molecule has 0 aromatic rings. The first-order valence-corrected chi connectivity index (χ1v) is 9.90. The second-order valence-corrected chi connectivity index (χ2v) is 7.25. The summed E-state index contributed by atoms with van der Waals surface area (Å²) in [6, 6.07) is 0.873. The van der Waals surface area contributed by atoms with Gasteiger partial charge in [0, 0.05) is 51.9 Å². The molecule has 1 unspecified atom stereocenters. The second-order valence-electron chi connectivity index (χ2n) is 7.25. The van der Waals surface area contributed by atoms with Gasteiger partial charge in [-0.15, -0.1) is 0 Å². The third-order valence-corrected chi connectivity index (χ3v) is 5.32. The average molecular weight is 351 g/mol. The number of nitrogens with zero attached hydrogens (tertiary/aromatic N) is 4. The first-order chi connectivity index (χ1) is 12.2. The molecular weight excluding hydrogens is 318 g/mol. The standard InChI is InChI=1S/C18H33N5O2/c1-3-19-17(20-13-15-7-8-23(14-15)16-5-6-16)21-9-11-22(12-10-21)18(24)25-4-2/h15-16H,3-14H2,1-2H3,(H,19,20). The molecule has 0 bridgehead atoms. The minimum absolute atomic E-state index is 0.199. The molecule has 3 rings (SSSR count). The van der Waals surface area contributed by atoms with E-state index in [2.05, 4.69) is 22.0 Å². The van der Waals surface area contributed by atoms with E-state index in [1.54, 1.807) is 4.90 Å². The van der Waals surface area contributed by atoms with Gasteiger partial charge < -0.3 is 24.8 Å². The topological polar surface area (TPSA) is 60.4 Å². The van der Waals surface area contributed by atoms with Crippen LogP contribution in [0.4, 0.5) is 4.79 Å². The van der Waals surface area contributed by atoms with E-state index in [1.165, 1.54) is 32.4 Å². The maximum atomic E-state index is 11.8. The van der Waals surface area contributed by atoms with Crippen LogP contribution in [0.5, 0.6) is 0 Å². The number of hydrogen-bond donors (Lipinski definition) is 1. The molecule has 1 aliphatic carbocycles. The molecular formula is C18H33N5O2. The van der Waals surface area contributed by atoms with Gasteiger partial charge in [0.1, 0.15) is 0 Å². The number of guanidine groups is 1. The van der Waals surface area contributed by atoms with Gasteiger partial charge in [-0.05, 0) is 45.6 Å². The fraction of sp³-hybridized carbons (Fsp3) is 0.889. The van der Waals surface area contributed by atoms with Gasteiger partial charge in [0.25, 0.3) is 0 Å². The molecule has 3 fully saturated rings. The highest BCUT2D eigenvalue weighted by molar-refractivity contribution is 5.80. The van der Waals surface area contributed by atoms with Crippen LogP contribution >= 0.6 is 0 Å². The largest absolute Gasteiger partial charge is 0.450 e. The number of carbonyl (C=O) groups excluding carboxylic acids is 1. The molecule has 7 nitrogen and oxygen atoms in total. The SMILES string of the molecule is CCNC(=NCC1CCN(C2CC2)C1)N1CCN(C(=O)OCC)CC1. The Hall–Kier alpha value is -1.50. The summed E-state index contributed by atoms with van der Waals surface area (Å²) < 4.78 is 5.09. The molecule has 2 heterocycles. The van der Waals surface area contributed by atoms with Crippen molar-refractivity contribution in [1.29, 1.82) is 0 Å². The second kappa shape index (κ2) is 8.74. The summed E-state index contributed by atoms with van der Waals surface area (Å²) >= 11 is 0. The first-order valence-electron chi connectivity index (χ1n) is 9.90. The lowest BCUT2D eigenvalue weighted by atomic mass is 10.1. The Kier molecular flexibility index (Phi) is 6.39. The van der Waals surface area contributed by atoms with Crippen molar-refractivity contribution in [2.45, 2.75) is 39.2 Å². The van der Waals surface area contributed by atoms with Crippen LogP contribution in [0.15, 0.2) is 4.99 Å². The van der Waals surface area contributed by atoms with Gasteiger partial charge >= 0.3 is 6.09 Å². The van der Waals surface area contributed by atoms with Crippen molar-refractivity contribution in [3.63, 3.8) is 0 Å². The van der Waals surface area contributed by atoms with E-state index in [0.29, 0.717) is 25.6 Å². The monoisotopic (exact) mass is 351 g/mol. The van der Waals surface area contributed by atoms with Crippen molar-refractivity contribution in [2.24, 2.45) is 10.9 Å². The molecule has 25 heavy (non-hydrogen) atoms. The van der Waals surface area contributed by atoms with E-state index in [4.69, 9.17) is 9.73 Å². The maximum absolute atomic E-state index is 11.8. The Bertz CT molecular complexity index is 472. The number of hydrogen-bond acceptors (Lipinski definition) is 4. The van der Waals surface area contributed by atoms with E-state index in [0.717, 1.165) is 38.2 Å². The van der Waals surface area contributed by atoms with Gasteiger partial charge in [-0.25, -0.2) is 4.79 Å². The quantitative estimate of drug-likeness (QED) is 0.596. The minimum Gasteiger partial charge on any atom is -0.450 e. The van der Waals surface area contributed by atoms with E-state index in [9.17, 15) is 4.79 Å². The summed E-state index contributed by atoms with van der Waals surface area (Å²) in [6.07, 6.45) is 3.86. The highest BCUT2D eigenvalue weighted by Gasteiger charge is 2.34. The van der Waals surface area contributed by atoms with E-state index < -0.39 is 0 Å². The number of ether oxygens (including phenoxy) is 1. The molecule has 1 atom stereocenters. The molecule has 2 saturated heterocycles. The van der Waals surface area contributed by atoms with E-state index in [1.807, 2.05) is 6.92 Å². The number of nitrogens with one attached hydrogen (secondary N) is 1. The third-order valence-electron chi connectivity index (χ3n) is 5.32. The predicted molar refractivity (Wildman–Crippen MR) is 98.8 cm³/mol. The lowest BCUT2D eigenvalue weighted by Crippen LogP contribution is -2.54. The number of carbonyl (C=O) groups is 1. The molecule has 0 aromatic carbocycles. The zero-order valence-corrected chi connectivity index (χ0v) is 15.7. The number of piperazine rings is 1. The Morgan fingerprint density at radius 2 is 1.80 bits per heavy atom. The first kappa shape index (κ1) is 18.3. The van der Waals surface area contributed by atoms with Crippen molar-refractivity contribution in [3.05, 3.63) is 0 Å². The highest BCUT2D eigenvalue weighted by atomic mass is 16.6. The zero-order valence-electron chi connectivity index (χ0n) is 15.7. The third kappa shape index (κ3) is 5.00. The van der Waals surface area contributed by atoms with Crippen molar-refractivity contribution in [2.75, 3.05) is 59.0 Å². The van der Waals surface area contributed by atoms with Gasteiger partial charge in [-0.2, -0.15) is 0 Å². The molecule has 3 aliphatic rings. The molecule has 1 saturated carbocycles. The fourth-order valence-electron chi connectivity index (χ4n) is 3.74. The van der Waals surface area contributed by atoms with Crippen molar-refractivity contribution < 1.29 is 9.53 Å². The Labute approximate surface area is 151 Å². The molecule has 142 valence electrons. The Morgan fingerprint density at radius 3 is 2.44 bits per heavy atom. The predicted octanol–water partition coefficient (Wildman–Crippen LogP) is 1.21. The van der Waals surface area contributed by atoms with Gasteiger partial charge in [0.2, 0.25) is 0 Å². The van der Waals surface area contributed by atoms with E-state index >= 15 is 0 Å². The van der Waals surface area contributed by atoms with Crippen LogP contribution in [0.2, 0.25) is 0 Å². The summed E-state index contributed by atoms with van der Waals surface area (Å²) in [7, 11) is 0. The van der Waals surface area contributed by atoms with Crippen LogP contribution in [-0.4, -0.2) is 91.8 Å². The van der Waals surface area contributed by atoms with Crippen molar-refractivity contribution >= 4 is 12.1 Å². The average Bonchev–Trinajstić information content (AvgIpc) is 3.37. The lowest BCUT2D eigenvalue weighted by Gasteiger charge is -2.36. The summed E-state index contributed by atoms with van der Waals surface area (Å²) in [5.41, 5.74) is 0. The van der Waals surface area contributed by atoms with Gasteiger partial charge in [0.15, 0.2) is 5.96 Å². The van der Waals surface area contributed by atoms with E-state index in [-0.39, 0.29) is 6.09 Å². The normalized spacial score (nSPS) is 25.4. The molecule has 0 spiro atoms. The van der Waals surface area contributed by atoms with Crippen molar-refractivity contribution in [3.8, 4) is 0 Å². The summed E-state index contributed by atoms with van der Waals surface area (Å²) in [6.45, 7) is 11.6. The van der Waals surface area contributed by atoms with Crippen LogP contribution in [0.25, 0.3) is 0 Å². The molecule has 1 amide bonds. The number of aliphatic imine (C=N–C) groups is 1. The number of rotatable bonds is 5. The lowest BCUT2D eigenvalue weighted by molar-refractivity contribution is 0.0914. The maximum Gasteiger partial charge on any atom is 0.409 e. The van der Waals surface area contributed by atoms with Crippen LogP contribution < -0.4 is 5.32 Å². The summed E-state index contributed by atoms with van der Waals surface area (Å²) in [5, 5.41) is 3.42. The van der Waals surface area contributed by atoms with Crippen LogP contribution in [0, 0.1) is 5.92 Å². The van der Waals surface area contributed by atoms with Crippen LogP contribution in [-0.2, 0) is 4.74 Å². The van der Waals surface area contributed by atoms with Gasteiger partial charge in [0.05, 0.1) is 6.61 Å². The zero-order chi connectivity index (χ0) is 17.6. The van der Waals surface area contributed by atoms with Gasteiger partial charge in [-0.1, -0.05) is 0 Å². The smallest absolute Gasteiger partial charge is 0.409 e. The van der Waals surface area contributed by atoms with Crippen LogP contribution in [0.3, 0.4) is 0 Å². The highest BCUT2D eigenvalue weighted by Crippen LogP contribution is 2.31. The summed E-state index contributed by atoms with van der Waals surface area (Å²) in [4.78, 5) is 23.4. The number of amides is 1. The summed E-state index contributed by atoms with van der Waals surface area (Å²) in [5.74, 6) is 1.69. The molecule has 2 aliphatic heterocycles.